The number of nitro groups is 1. The second kappa shape index (κ2) is 6.46. The highest BCUT2D eigenvalue weighted by molar-refractivity contribution is 7.18. The number of carbonyl (C=O) groups is 1. The van der Waals surface area contributed by atoms with E-state index in [0.29, 0.717) is 29.6 Å². The lowest BCUT2D eigenvalue weighted by molar-refractivity contribution is -0.383. The maximum absolute atomic E-state index is 11.3. The van der Waals surface area contributed by atoms with E-state index in [4.69, 9.17) is 4.74 Å². The first kappa shape index (κ1) is 14.6. The molecule has 0 aliphatic rings. The first-order valence-electron chi connectivity index (χ1n) is 5.54. The van der Waals surface area contributed by atoms with Crippen LogP contribution in [0.4, 0.5) is 10.7 Å². The third-order valence-corrected chi connectivity index (χ3v) is 3.76. The van der Waals surface area contributed by atoms with Crippen molar-refractivity contribution < 1.29 is 14.5 Å². The topological polar surface area (TPSA) is 72.7 Å². The van der Waals surface area contributed by atoms with Gasteiger partial charge >= 0.3 is 5.69 Å². The molecular weight excluding hydrogens is 256 g/mol. The molecule has 0 amide bonds. The molecule has 0 fully saturated rings. The van der Waals surface area contributed by atoms with Crippen LogP contribution in [0.2, 0.25) is 0 Å². The van der Waals surface area contributed by atoms with Crippen LogP contribution in [-0.4, -0.2) is 37.5 Å². The van der Waals surface area contributed by atoms with Crippen molar-refractivity contribution in [3.05, 3.63) is 21.1 Å². The highest BCUT2D eigenvalue weighted by Gasteiger charge is 2.24. The number of anilines is 1. The minimum atomic E-state index is -0.451. The number of hydrogen-bond acceptors (Lipinski definition) is 6. The Bertz CT molecular complexity index is 444. The summed E-state index contributed by atoms with van der Waals surface area (Å²) in [5, 5.41) is 11.5. The minimum absolute atomic E-state index is 0.0110. The summed E-state index contributed by atoms with van der Waals surface area (Å²) in [5.41, 5.74) is -0.0110. The second-order valence-electron chi connectivity index (χ2n) is 3.69. The molecule has 18 heavy (non-hydrogen) atoms. The molecule has 0 aliphatic carbocycles. The molecule has 1 heterocycles. The Hall–Kier alpha value is -1.47. The molecule has 6 nitrogen and oxygen atoms in total. The number of thiophene rings is 1. The minimum Gasteiger partial charge on any atom is -0.383 e. The van der Waals surface area contributed by atoms with Gasteiger partial charge in [-0.15, -0.1) is 11.3 Å². The number of ether oxygens (including phenoxy) is 1. The van der Waals surface area contributed by atoms with Gasteiger partial charge in [-0.25, -0.2) is 0 Å². The molecule has 0 atom stereocenters. The molecule has 0 aromatic carbocycles. The predicted octanol–water partition coefficient (Wildman–Crippen LogP) is 2.33. The summed E-state index contributed by atoms with van der Waals surface area (Å²) in [5.74, 6) is -0.155. The lowest BCUT2D eigenvalue weighted by Gasteiger charge is -2.19. The van der Waals surface area contributed by atoms with E-state index in [1.807, 2.05) is 11.8 Å². The number of Topliss-reactive ketones (excluding diaryl/α,β-unsaturated/α-hetero) is 1. The van der Waals surface area contributed by atoms with Crippen LogP contribution in [0.1, 0.15) is 23.5 Å². The van der Waals surface area contributed by atoms with Crippen LogP contribution in [0.15, 0.2) is 6.07 Å². The van der Waals surface area contributed by atoms with E-state index in [1.165, 1.54) is 13.0 Å². The van der Waals surface area contributed by atoms with Gasteiger partial charge in [0.05, 0.1) is 16.4 Å². The van der Waals surface area contributed by atoms with E-state index in [0.717, 1.165) is 11.3 Å². The zero-order valence-corrected chi connectivity index (χ0v) is 11.5. The molecule has 0 saturated heterocycles. The number of carbonyl (C=O) groups excluding carboxylic acids is 1. The van der Waals surface area contributed by atoms with E-state index < -0.39 is 4.92 Å². The van der Waals surface area contributed by atoms with Crippen molar-refractivity contribution in [1.82, 2.24) is 0 Å². The molecule has 1 aromatic heterocycles. The molecule has 0 radical (unpaired) electrons. The van der Waals surface area contributed by atoms with E-state index >= 15 is 0 Å². The fraction of sp³-hybridized carbons (Fsp3) is 0.545. The van der Waals surface area contributed by atoms with Crippen molar-refractivity contribution in [3.8, 4) is 0 Å². The van der Waals surface area contributed by atoms with E-state index in [2.05, 4.69) is 0 Å². The first-order chi connectivity index (χ1) is 8.51. The second-order valence-corrected chi connectivity index (χ2v) is 4.72. The van der Waals surface area contributed by atoms with Crippen LogP contribution < -0.4 is 4.90 Å². The Kier molecular flexibility index (Phi) is 5.24. The molecule has 100 valence electrons. The molecular formula is C11H16N2O4S. The summed E-state index contributed by atoms with van der Waals surface area (Å²) in [6, 6.07) is 1.35. The van der Waals surface area contributed by atoms with Crippen molar-refractivity contribution in [2.45, 2.75) is 13.8 Å². The predicted molar refractivity (Wildman–Crippen MR) is 70.7 cm³/mol. The Morgan fingerprint density at radius 3 is 2.72 bits per heavy atom. The highest BCUT2D eigenvalue weighted by atomic mass is 32.1. The van der Waals surface area contributed by atoms with Gasteiger partial charge in [-0.05, 0) is 13.8 Å². The number of hydrogen-bond donors (Lipinski definition) is 0. The number of rotatable bonds is 7. The Balaban J connectivity index is 3.10. The maximum Gasteiger partial charge on any atom is 0.304 e. The number of ketones is 1. The molecule has 0 saturated carbocycles. The molecule has 1 rings (SSSR count). The summed E-state index contributed by atoms with van der Waals surface area (Å²) < 4.78 is 4.98. The Labute approximate surface area is 109 Å². The van der Waals surface area contributed by atoms with Crippen LogP contribution in [0.5, 0.6) is 0 Å². The van der Waals surface area contributed by atoms with Gasteiger partial charge in [0, 0.05) is 26.3 Å². The summed E-state index contributed by atoms with van der Waals surface area (Å²) in [4.78, 5) is 24.1. The van der Waals surface area contributed by atoms with Gasteiger partial charge in [0.2, 0.25) is 0 Å². The van der Waals surface area contributed by atoms with Crippen LogP contribution in [0, 0.1) is 10.1 Å². The fourth-order valence-electron chi connectivity index (χ4n) is 1.51. The zero-order valence-electron chi connectivity index (χ0n) is 10.6. The average Bonchev–Trinajstić information content (AvgIpc) is 2.75. The molecule has 0 aliphatic heterocycles. The van der Waals surface area contributed by atoms with Crippen LogP contribution >= 0.6 is 11.3 Å². The summed E-state index contributed by atoms with van der Waals surface area (Å²) in [7, 11) is 1.58. The van der Waals surface area contributed by atoms with Gasteiger partial charge in [-0.3, -0.25) is 14.9 Å². The van der Waals surface area contributed by atoms with Crippen molar-refractivity contribution in [2.75, 3.05) is 31.7 Å². The first-order valence-corrected chi connectivity index (χ1v) is 6.36. The van der Waals surface area contributed by atoms with Crippen LogP contribution in [-0.2, 0) is 4.74 Å². The molecule has 0 bridgehead atoms. The smallest absolute Gasteiger partial charge is 0.304 e. The normalized spacial score (nSPS) is 10.4. The van der Waals surface area contributed by atoms with Gasteiger partial charge in [-0.1, -0.05) is 0 Å². The van der Waals surface area contributed by atoms with Gasteiger partial charge in [0.15, 0.2) is 10.8 Å². The van der Waals surface area contributed by atoms with Crippen molar-refractivity contribution >= 4 is 27.8 Å². The third kappa shape index (κ3) is 3.27. The number of nitrogens with zero attached hydrogens (tertiary/aromatic N) is 2. The molecule has 0 spiro atoms. The van der Waals surface area contributed by atoms with Gasteiger partial charge in [0.1, 0.15) is 0 Å². The molecule has 0 N–H and O–H groups in total. The lowest BCUT2D eigenvalue weighted by atomic mass is 10.3. The maximum atomic E-state index is 11.3. The quantitative estimate of drug-likeness (QED) is 0.433. The molecule has 0 unspecified atom stereocenters. The highest BCUT2D eigenvalue weighted by Crippen LogP contribution is 2.37. The van der Waals surface area contributed by atoms with Crippen molar-refractivity contribution in [3.63, 3.8) is 0 Å². The van der Waals surface area contributed by atoms with E-state index in [1.54, 1.807) is 7.11 Å². The van der Waals surface area contributed by atoms with E-state index in [9.17, 15) is 14.9 Å². The van der Waals surface area contributed by atoms with E-state index in [-0.39, 0.29) is 11.5 Å². The zero-order chi connectivity index (χ0) is 13.7. The number of methoxy groups -OCH3 is 1. The van der Waals surface area contributed by atoms with Gasteiger partial charge in [0.25, 0.3) is 0 Å². The Morgan fingerprint density at radius 1 is 1.61 bits per heavy atom. The standard InChI is InChI=1S/C11H16N2O4S/c1-4-12(5-6-17-3)11-9(13(15)16)7-10(18-11)8(2)14/h7H,4-6H2,1-3H3. The largest absolute Gasteiger partial charge is 0.383 e. The lowest BCUT2D eigenvalue weighted by Crippen LogP contribution is -2.26. The summed E-state index contributed by atoms with van der Waals surface area (Å²) in [6.45, 7) is 4.99. The SMILES string of the molecule is CCN(CCOC)c1sc(C(C)=O)cc1[N+](=O)[O-]. The third-order valence-electron chi connectivity index (χ3n) is 2.47. The number of likely N-dealkylation sites (N-methyl/N-ethyl adjacent to an activating group) is 1. The summed E-state index contributed by atoms with van der Waals surface area (Å²) >= 11 is 1.16. The fourth-order valence-corrected chi connectivity index (χ4v) is 2.62. The van der Waals surface area contributed by atoms with Crippen LogP contribution in [0.3, 0.4) is 0 Å². The monoisotopic (exact) mass is 272 g/mol. The average molecular weight is 272 g/mol. The van der Waals surface area contributed by atoms with Gasteiger partial charge in [-0.2, -0.15) is 0 Å². The van der Waals surface area contributed by atoms with Crippen molar-refractivity contribution in [2.24, 2.45) is 0 Å². The van der Waals surface area contributed by atoms with Crippen LogP contribution in [0.25, 0.3) is 0 Å². The molecule has 1 aromatic rings. The van der Waals surface area contributed by atoms with Crippen molar-refractivity contribution in [1.29, 1.82) is 0 Å². The van der Waals surface area contributed by atoms with Gasteiger partial charge < -0.3 is 9.64 Å². The molecule has 7 heteroatoms. The Morgan fingerprint density at radius 2 is 2.28 bits per heavy atom. The summed E-state index contributed by atoms with van der Waals surface area (Å²) in [6.07, 6.45) is 0.